The Balaban J connectivity index is 1.48. The third kappa shape index (κ3) is 4.27. The van der Waals surface area contributed by atoms with Crippen LogP contribution in [0.1, 0.15) is 28.4 Å². The first-order valence-corrected chi connectivity index (χ1v) is 13.2. The first-order chi connectivity index (χ1) is 16.8. The lowest BCUT2D eigenvalue weighted by Crippen LogP contribution is -2.33. The number of aromatic nitrogens is 2. The van der Waals surface area contributed by atoms with Crippen LogP contribution in [0, 0.1) is 5.82 Å². The van der Waals surface area contributed by atoms with Crippen molar-refractivity contribution in [1.29, 1.82) is 0 Å². The highest BCUT2D eigenvalue weighted by Crippen LogP contribution is 2.32. The molecule has 3 aromatic carbocycles. The Bertz CT molecular complexity index is 1560. The molecule has 0 bridgehead atoms. The number of nitrogens with zero attached hydrogens (tertiary/aromatic N) is 2. The van der Waals surface area contributed by atoms with E-state index in [4.69, 9.17) is 4.74 Å². The van der Waals surface area contributed by atoms with Gasteiger partial charge in [-0.1, -0.05) is 19.1 Å². The molecule has 1 aromatic heterocycles. The Kier molecular flexibility index (Phi) is 5.80. The summed E-state index contributed by atoms with van der Waals surface area (Å²) in [5.74, 6) is -0.519. The number of amides is 1. The van der Waals surface area contributed by atoms with Gasteiger partial charge in [0, 0.05) is 34.9 Å². The second kappa shape index (κ2) is 8.81. The minimum absolute atomic E-state index is 0.102. The summed E-state index contributed by atoms with van der Waals surface area (Å²) in [6.07, 6.45) is 2.92. The molecule has 0 spiro atoms. The molecule has 0 fully saturated rings. The normalized spacial score (nSPS) is 13.9. The van der Waals surface area contributed by atoms with Gasteiger partial charge < -0.3 is 9.64 Å². The van der Waals surface area contributed by atoms with Gasteiger partial charge in [0.2, 0.25) is 0 Å². The van der Waals surface area contributed by atoms with E-state index < -0.39 is 20.5 Å². The fourth-order valence-electron chi connectivity index (χ4n) is 4.47. The third-order valence-electron chi connectivity index (χ3n) is 6.29. The van der Waals surface area contributed by atoms with Crippen LogP contribution in [0.4, 0.5) is 4.39 Å². The van der Waals surface area contributed by atoms with Gasteiger partial charge in [0.1, 0.15) is 23.1 Å². The number of sulfone groups is 1. The Morgan fingerprint density at radius 1 is 1.14 bits per heavy atom. The zero-order chi connectivity index (χ0) is 24.7. The lowest BCUT2D eigenvalue weighted by Gasteiger charge is -2.22. The summed E-state index contributed by atoms with van der Waals surface area (Å²) >= 11 is 0. The van der Waals surface area contributed by atoms with E-state index in [9.17, 15) is 13.2 Å². The molecule has 5 rings (SSSR count). The molecule has 35 heavy (non-hydrogen) atoms. The van der Waals surface area contributed by atoms with E-state index in [1.54, 1.807) is 18.0 Å². The van der Waals surface area contributed by atoms with Gasteiger partial charge in [-0.05, 0) is 53.9 Å². The molecule has 1 N–H and O–H groups in total. The first kappa shape index (κ1) is 23.0. The fraction of sp³-hybridized carbons (Fsp3) is 0.231. The van der Waals surface area contributed by atoms with Crippen molar-refractivity contribution in [1.82, 2.24) is 15.1 Å². The number of H-pyrrole nitrogens is 1. The predicted octanol–water partition coefficient (Wildman–Crippen LogP) is 4.37. The molecule has 0 unspecified atom stereocenters. The maximum atomic E-state index is 15.0. The van der Waals surface area contributed by atoms with Gasteiger partial charge in [-0.2, -0.15) is 5.10 Å². The van der Waals surface area contributed by atoms with Crippen molar-refractivity contribution < 1.29 is 22.3 Å². The molecule has 0 radical (unpaired) electrons. The summed E-state index contributed by atoms with van der Waals surface area (Å²) in [5.41, 5.74) is 4.04. The van der Waals surface area contributed by atoms with E-state index in [1.807, 2.05) is 36.4 Å². The first-order valence-electron chi connectivity index (χ1n) is 11.3. The third-order valence-corrected chi connectivity index (χ3v) is 7.41. The summed E-state index contributed by atoms with van der Waals surface area (Å²) in [6.45, 7) is 2.60. The molecule has 1 aliphatic heterocycles. The van der Waals surface area contributed by atoms with Gasteiger partial charge in [0.25, 0.3) is 5.91 Å². The topological polar surface area (TPSA) is 92.4 Å². The van der Waals surface area contributed by atoms with Crippen LogP contribution in [-0.2, 0) is 22.8 Å². The van der Waals surface area contributed by atoms with E-state index in [2.05, 4.69) is 10.2 Å². The quantitative estimate of drug-likeness (QED) is 0.456. The molecule has 0 saturated heterocycles. The lowest BCUT2D eigenvalue weighted by molar-refractivity contribution is 0.0731. The summed E-state index contributed by atoms with van der Waals surface area (Å²) in [5, 5.41) is 8.00. The number of carbonyl (C=O) groups is 1. The number of fused-ring (bicyclic) bond motifs is 2. The smallest absolute Gasteiger partial charge is 0.254 e. The van der Waals surface area contributed by atoms with Gasteiger partial charge in [-0.3, -0.25) is 9.89 Å². The SMILES string of the molecule is CCc1c(C(=O)N2CCOc3ccc(-c4ccc5[nH]ncc5c4)cc3C2)ccc(S(C)(=O)=O)c1F. The molecule has 4 aromatic rings. The van der Waals surface area contributed by atoms with E-state index in [0.29, 0.717) is 18.9 Å². The average Bonchev–Trinajstić information content (AvgIpc) is 3.20. The minimum atomic E-state index is -3.75. The predicted molar refractivity (Wildman–Crippen MR) is 131 cm³/mol. The van der Waals surface area contributed by atoms with Crippen molar-refractivity contribution in [3.8, 4) is 16.9 Å². The molecule has 0 atom stereocenters. The number of benzene rings is 3. The van der Waals surface area contributed by atoms with Crippen molar-refractivity contribution in [2.24, 2.45) is 0 Å². The number of aromatic amines is 1. The van der Waals surface area contributed by atoms with Crippen LogP contribution in [0.25, 0.3) is 22.0 Å². The maximum Gasteiger partial charge on any atom is 0.254 e. The highest BCUT2D eigenvalue weighted by Gasteiger charge is 2.27. The van der Waals surface area contributed by atoms with Crippen LogP contribution in [0.5, 0.6) is 5.75 Å². The van der Waals surface area contributed by atoms with E-state index in [0.717, 1.165) is 33.8 Å². The maximum absolute atomic E-state index is 15.0. The van der Waals surface area contributed by atoms with Crippen molar-refractivity contribution in [2.75, 3.05) is 19.4 Å². The van der Waals surface area contributed by atoms with Crippen LogP contribution in [0.2, 0.25) is 0 Å². The molecule has 0 saturated carbocycles. The van der Waals surface area contributed by atoms with E-state index in [-0.39, 0.29) is 30.0 Å². The van der Waals surface area contributed by atoms with Crippen molar-refractivity contribution in [2.45, 2.75) is 24.8 Å². The number of halogens is 1. The average molecular weight is 494 g/mol. The van der Waals surface area contributed by atoms with Crippen LogP contribution in [0.3, 0.4) is 0 Å². The molecular formula is C26H24FN3O4S. The Morgan fingerprint density at radius 2 is 1.91 bits per heavy atom. The molecule has 0 aliphatic carbocycles. The standard InChI is InChI=1S/C26H24FN3O4S/c1-3-20-21(6-9-24(25(20)27)35(2,32)33)26(31)30-10-11-34-23-8-5-17(13-19(23)15-30)16-4-7-22-18(12-16)14-28-29-22/h4-9,12-14H,3,10-11,15H2,1-2H3,(H,28,29). The van der Waals surface area contributed by atoms with E-state index in [1.165, 1.54) is 12.1 Å². The number of ether oxygens (including phenoxy) is 1. The molecular weight excluding hydrogens is 469 g/mol. The van der Waals surface area contributed by atoms with Crippen LogP contribution >= 0.6 is 0 Å². The van der Waals surface area contributed by atoms with Crippen molar-refractivity contribution in [3.05, 3.63) is 77.2 Å². The lowest BCUT2D eigenvalue weighted by atomic mass is 10.0. The van der Waals surface area contributed by atoms with Crippen molar-refractivity contribution >= 4 is 26.6 Å². The van der Waals surface area contributed by atoms with Crippen LogP contribution < -0.4 is 4.74 Å². The fourth-order valence-corrected chi connectivity index (χ4v) is 5.24. The van der Waals surface area contributed by atoms with Gasteiger partial charge in [-0.25, -0.2) is 12.8 Å². The Morgan fingerprint density at radius 3 is 2.69 bits per heavy atom. The number of rotatable bonds is 4. The molecule has 1 aliphatic rings. The summed E-state index contributed by atoms with van der Waals surface area (Å²) in [4.78, 5) is 14.7. The summed E-state index contributed by atoms with van der Waals surface area (Å²) in [7, 11) is -3.75. The highest BCUT2D eigenvalue weighted by molar-refractivity contribution is 7.90. The van der Waals surface area contributed by atoms with Gasteiger partial charge in [0.15, 0.2) is 9.84 Å². The largest absolute Gasteiger partial charge is 0.491 e. The molecule has 180 valence electrons. The molecule has 9 heteroatoms. The summed E-state index contributed by atoms with van der Waals surface area (Å²) < 4.78 is 44.8. The zero-order valence-corrected chi connectivity index (χ0v) is 20.2. The van der Waals surface area contributed by atoms with Gasteiger partial charge >= 0.3 is 0 Å². The second-order valence-corrected chi connectivity index (χ2v) is 10.6. The number of hydrogen-bond acceptors (Lipinski definition) is 5. The van der Waals surface area contributed by atoms with Gasteiger partial charge in [0.05, 0.1) is 18.3 Å². The second-order valence-electron chi connectivity index (χ2n) is 8.60. The molecule has 1 amide bonds. The Labute approximate surface area is 202 Å². The number of hydrogen-bond donors (Lipinski definition) is 1. The summed E-state index contributed by atoms with van der Waals surface area (Å²) in [6, 6.07) is 14.5. The van der Waals surface area contributed by atoms with Crippen molar-refractivity contribution in [3.63, 3.8) is 0 Å². The van der Waals surface area contributed by atoms with Gasteiger partial charge in [-0.15, -0.1) is 0 Å². The highest BCUT2D eigenvalue weighted by atomic mass is 32.2. The zero-order valence-electron chi connectivity index (χ0n) is 19.3. The van der Waals surface area contributed by atoms with E-state index >= 15 is 4.39 Å². The number of carbonyl (C=O) groups excluding carboxylic acids is 1. The monoisotopic (exact) mass is 493 g/mol. The van der Waals surface area contributed by atoms with Crippen LogP contribution in [-0.4, -0.2) is 48.8 Å². The number of nitrogens with one attached hydrogen (secondary N) is 1. The Hall–Kier alpha value is -3.72. The molecule has 7 nitrogen and oxygen atoms in total. The van der Waals surface area contributed by atoms with Crippen LogP contribution in [0.15, 0.2) is 59.6 Å². The molecule has 2 heterocycles. The minimum Gasteiger partial charge on any atom is -0.491 e.